The lowest BCUT2D eigenvalue weighted by Gasteiger charge is -2.10. The predicted molar refractivity (Wildman–Crippen MR) is 57.3 cm³/mol. The fourth-order valence-electron chi connectivity index (χ4n) is 1.20. The van der Waals surface area contributed by atoms with Gasteiger partial charge >= 0.3 is 6.61 Å². The van der Waals surface area contributed by atoms with Crippen LogP contribution in [0.5, 0.6) is 11.5 Å². The molecule has 0 unspecified atom stereocenters. The second-order valence-electron chi connectivity index (χ2n) is 2.90. The van der Waals surface area contributed by atoms with Gasteiger partial charge in [-0.05, 0) is 18.2 Å². The molecule has 0 aliphatic heterocycles. The summed E-state index contributed by atoms with van der Waals surface area (Å²) in [5, 5.41) is 9.45. The van der Waals surface area contributed by atoms with Gasteiger partial charge in [0.1, 0.15) is 6.73 Å². The maximum atomic E-state index is 11.9. The Morgan fingerprint density at radius 3 is 2.71 bits per heavy atom. The van der Waals surface area contributed by atoms with Crippen molar-refractivity contribution in [2.75, 3.05) is 13.8 Å². The smallest absolute Gasteiger partial charge is 0.387 e. The number of halogens is 2. The van der Waals surface area contributed by atoms with Gasteiger partial charge in [-0.25, -0.2) is 0 Å². The number of nitrogens with two attached hydrogens (primary N) is 1. The third kappa shape index (κ3) is 3.56. The van der Waals surface area contributed by atoms with Crippen LogP contribution in [0.1, 0.15) is 5.56 Å². The Labute approximate surface area is 96.5 Å². The average Bonchev–Trinajstić information content (AvgIpc) is 2.28. The van der Waals surface area contributed by atoms with Gasteiger partial charge in [0.15, 0.2) is 11.5 Å². The fourth-order valence-corrected chi connectivity index (χ4v) is 1.20. The van der Waals surface area contributed by atoms with Crippen LogP contribution in [0, 0.1) is 0 Å². The van der Waals surface area contributed by atoms with Gasteiger partial charge in [0.2, 0.25) is 5.90 Å². The van der Waals surface area contributed by atoms with Crippen molar-refractivity contribution in [3.05, 3.63) is 23.8 Å². The number of nitrogens with zero attached hydrogens (tertiary/aromatic N) is 1. The molecule has 3 N–H and O–H groups in total. The van der Waals surface area contributed by atoms with Crippen LogP contribution in [-0.2, 0) is 4.74 Å². The van der Waals surface area contributed by atoms with Gasteiger partial charge in [0.25, 0.3) is 0 Å². The van der Waals surface area contributed by atoms with E-state index in [0.717, 1.165) is 0 Å². The van der Waals surface area contributed by atoms with Crippen LogP contribution >= 0.6 is 0 Å². The van der Waals surface area contributed by atoms with Crippen LogP contribution in [0.4, 0.5) is 8.78 Å². The van der Waals surface area contributed by atoms with Crippen molar-refractivity contribution in [1.82, 2.24) is 0 Å². The van der Waals surface area contributed by atoms with E-state index in [9.17, 15) is 13.9 Å². The minimum absolute atomic E-state index is 0.0806. The largest absolute Gasteiger partial charge is 0.504 e. The van der Waals surface area contributed by atoms with E-state index >= 15 is 0 Å². The summed E-state index contributed by atoms with van der Waals surface area (Å²) in [7, 11) is 1.48. The quantitative estimate of drug-likeness (QED) is 0.477. The number of benzene rings is 1. The van der Waals surface area contributed by atoms with E-state index in [-0.39, 0.29) is 18.4 Å². The van der Waals surface area contributed by atoms with Crippen molar-refractivity contribution in [3.8, 4) is 11.5 Å². The fraction of sp³-hybridized carbons (Fsp3) is 0.300. The van der Waals surface area contributed by atoms with Gasteiger partial charge in [0.05, 0.1) is 0 Å². The van der Waals surface area contributed by atoms with Crippen molar-refractivity contribution in [3.63, 3.8) is 0 Å². The lowest BCUT2D eigenvalue weighted by Crippen LogP contribution is -2.13. The summed E-state index contributed by atoms with van der Waals surface area (Å²) in [6.07, 6.45) is 0. The number of hydrogen-bond donors (Lipinski definition) is 2. The number of hydrogen-bond acceptors (Lipinski definition) is 5. The molecule has 0 aromatic heterocycles. The molecule has 5 nitrogen and oxygen atoms in total. The minimum Gasteiger partial charge on any atom is -0.504 e. The number of phenols is 1. The first kappa shape index (κ1) is 13.2. The van der Waals surface area contributed by atoms with E-state index in [4.69, 9.17) is 10.5 Å². The highest BCUT2D eigenvalue weighted by Crippen LogP contribution is 2.28. The SMILES string of the molecule is CN=C(OCN)c1ccc(OC(F)F)c(O)c1. The van der Waals surface area contributed by atoms with E-state index in [1.54, 1.807) is 0 Å². The molecule has 0 aliphatic carbocycles. The van der Waals surface area contributed by atoms with E-state index < -0.39 is 12.4 Å². The van der Waals surface area contributed by atoms with Crippen molar-refractivity contribution in [2.45, 2.75) is 6.61 Å². The average molecular weight is 246 g/mol. The van der Waals surface area contributed by atoms with Crippen molar-refractivity contribution in [1.29, 1.82) is 0 Å². The summed E-state index contributed by atoms with van der Waals surface area (Å²) < 4.78 is 33.0. The molecule has 1 rings (SSSR count). The molecule has 0 amide bonds. The maximum absolute atomic E-state index is 11.9. The van der Waals surface area contributed by atoms with Crippen molar-refractivity contribution in [2.24, 2.45) is 10.7 Å². The predicted octanol–water partition coefficient (Wildman–Crippen LogP) is 1.30. The summed E-state index contributed by atoms with van der Waals surface area (Å²) in [4.78, 5) is 3.79. The van der Waals surface area contributed by atoms with Crippen molar-refractivity contribution >= 4 is 5.90 Å². The Balaban J connectivity index is 2.95. The number of aromatic hydroxyl groups is 1. The zero-order valence-corrected chi connectivity index (χ0v) is 9.06. The topological polar surface area (TPSA) is 77.1 Å². The Bertz CT molecular complexity index is 411. The molecule has 0 heterocycles. The summed E-state index contributed by atoms with van der Waals surface area (Å²) in [5.41, 5.74) is 5.60. The maximum Gasteiger partial charge on any atom is 0.387 e. The molecule has 1 aromatic carbocycles. The number of phenolic OH excluding ortho intramolecular Hbond substituents is 1. The highest BCUT2D eigenvalue weighted by atomic mass is 19.3. The van der Waals surface area contributed by atoms with E-state index in [2.05, 4.69) is 9.73 Å². The summed E-state index contributed by atoms with van der Waals surface area (Å²) in [5.74, 6) is -0.539. The van der Waals surface area contributed by atoms with Crippen molar-refractivity contribution < 1.29 is 23.4 Å². The van der Waals surface area contributed by atoms with Gasteiger partial charge in [-0.1, -0.05) is 0 Å². The summed E-state index contributed by atoms with van der Waals surface area (Å²) in [6, 6.07) is 3.83. The minimum atomic E-state index is -2.99. The highest BCUT2D eigenvalue weighted by molar-refractivity contribution is 5.94. The number of ether oxygens (including phenoxy) is 2. The molecule has 0 bridgehead atoms. The van der Waals surface area contributed by atoms with Crippen LogP contribution in [0.3, 0.4) is 0 Å². The molecule has 17 heavy (non-hydrogen) atoms. The Morgan fingerprint density at radius 2 is 2.24 bits per heavy atom. The zero-order chi connectivity index (χ0) is 12.8. The zero-order valence-electron chi connectivity index (χ0n) is 9.06. The first-order valence-electron chi connectivity index (χ1n) is 4.66. The molecule has 0 saturated carbocycles. The third-order valence-corrected chi connectivity index (χ3v) is 1.85. The van der Waals surface area contributed by atoms with Crippen LogP contribution in [0.2, 0.25) is 0 Å². The standard InChI is InChI=1S/C10H12F2N2O3/c1-14-9(16-5-13)6-2-3-8(7(15)4-6)17-10(11)12/h2-4,10,15H,5,13H2,1H3. The Morgan fingerprint density at radius 1 is 1.53 bits per heavy atom. The third-order valence-electron chi connectivity index (χ3n) is 1.85. The normalized spacial score (nSPS) is 11.7. The molecular formula is C10H12F2N2O3. The molecule has 0 saturated heterocycles. The molecule has 7 heteroatoms. The van der Waals surface area contributed by atoms with Crippen LogP contribution in [0.15, 0.2) is 23.2 Å². The molecule has 94 valence electrons. The number of alkyl halides is 2. The van der Waals surface area contributed by atoms with Gasteiger partial charge in [-0.15, -0.1) is 0 Å². The molecule has 0 spiro atoms. The monoisotopic (exact) mass is 246 g/mol. The van der Waals surface area contributed by atoms with E-state index in [1.807, 2.05) is 0 Å². The van der Waals surface area contributed by atoms with E-state index in [0.29, 0.717) is 5.56 Å². The van der Waals surface area contributed by atoms with Gasteiger partial charge in [0, 0.05) is 12.6 Å². The van der Waals surface area contributed by atoms with Gasteiger partial charge in [-0.3, -0.25) is 10.7 Å². The van der Waals surface area contributed by atoms with Crippen LogP contribution in [-0.4, -0.2) is 31.4 Å². The molecule has 0 fully saturated rings. The second-order valence-corrected chi connectivity index (χ2v) is 2.90. The van der Waals surface area contributed by atoms with Gasteiger partial charge in [-0.2, -0.15) is 8.78 Å². The molecule has 0 aliphatic rings. The van der Waals surface area contributed by atoms with E-state index in [1.165, 1.54) is 25.2 Å². The first-order chi connectivity index (χ1) is 8.08. The molecule has 0 atom stereocenters. The van der Waals surface area contributed by atoms with Crippen LogP contribution < -0.4 is 10.5 Å². The summed E-state index contributed by atoms with van der Waals surface area (Å²) in [6.45, 7) is -3.07. The molecular weight excluding hydrogens is 234 g/mol. The molecule has 0 radical (unpaired) electrons. The lowest BCUT2D eigenvalue weighted by atomic mass is 10.2. The number of rotatable bonds is 4. The highest BCUT2D eigenvalue weighted by Gasteiger charge is 2.12. The second kappa shape index (κ2) is 6.00. The Kier molecular flexibility index (Phi) is 4.65. The van der Waals surface area contributed by atoms with Gasteiger partial charge < -0.3 is 14.6 Å². The number of aliphatic imine (C=N–C) groups is 1. The molecule has 1 aromatic rings. The first-order valence-corrected chi connectivity index (χ1v) is 4.66. The van der Waals surface area contributed by atoms with Crippen LogP contribution in [0.25, 0.3) is 0 Å². The summed E-state index contributed by atoms with van der Waals surface area (Å²) >= 11 is 0. The lowest BCUT2D eigenvalue weighted by molar-refractivity contribution is -0.0512. The Hall–Kier alpha value is -1.89.